The van der Waals surface area contributed by atoms with E-state index < -0.39 is 30.1 Å². The maximum atomic E-state index is 9.66. The van der Waals surface area contributed by atoms with Crippen LogP contribution in [0.5, 0.6) is 11.5 Å². The molecule has 21 heteroatoms. The van der Waals surface area contributed by atoms with Crippen LogP contribution in [0.2, 0.25) is 0 Å². The summed E-state index contributed by atoms with van der Waals surface area (Å²) in [7, 11) is 7.62. The van der Waals surface area contributed by atoms with E-state index >= 15 is 0 Å². The number of fused-ring (bicyclic) bond motifs is 6. The minimum absolute atomic E-state index is 0. The van der Waals surface area contributed by atoms with Gasteiger partial charge in [0.2, 0.25) is 0 Å². The lowest BCUT2D eigenvalue weighted by Gasteiger charge is -2.25. The zero-order chi connectivity index (χ0) is 52.8. The molecule has 0 bridgehead atoms. The van der Waals surface area contributed by atoms with Gasteiger partial charge in [-0.2, -0.15) is 0 Å². The summed E-state index contributed by atoms with van der Waals surface area (Å²) >= 11 is 0. The molecule has 4 fully saturated rings. The lowest BCUT2D eigenvalue weighted by atomic mass is 10.1. The Hall–Kier alpha value is -7.24. The number of ether oxygens (including phenoxy) is 7. The minimum Gasteiger partial charge on any atom is -0.508 e. The molecule has 2 N–H and O–H groups in total. The molecule has 4 aliphatic rings. The number of phenolic OH excluding ortho intramolecular Hbond substituents is 1. The number of aliphatic imine (C=N–C) groups is 2. The molecule has 0 amide bonds. The van der Waals surface area contributed by atoms with Crippen LogP contribution in [0, 0.1) is 13.8 Å². The summed E-state index contributed by atoms with van der Waals surface area (Å²) in [6, 6.07) is 19.0. The Kier molecular flexibility index (Phi) is 15.4. The molecule has 0 saturated carbocycles. The predicted molar refractivity (Wildman–Crippen MR) is 288 cm³/mol. The van der Waals surface area contributed by atoms with Gasteiger partial charge < -0.3 is 62.3 Å². The summed E-state index contributed by atoms with van der Waals surface area (Å²) in [5.41, 5.74) is 5.51. The normalized spacial score (nSPS) is 24.1. The van der Waals surface area contributed by atoms with Crippen molar-refractivity contribution in [3.05, 3.63) is 109 Å². The highest BCUT2D eigenvalue weighted by Crippen LogP contribution is 2.46. The van der Waals surface area contributed by atoms with Gasteiger partial charge >= 0.3 is 0 Å². The molecule has 4 aliphatic heterocycles. The van der Waals surface area contributed by atoms with Gasteiger partial charge in [0.1, 0.15) is 78.7 Å². The molecule has 12 rings (SSSR count). The first-order valence-corrected chi connectivity index (χ1v) is 24.7. The van der Waals surface area contributed by atoms with Crippen molar-refractivity contribution in [1.82, 2.24) is 48.8 Å². The first-order valence-electron chi connectivity index (χ1n) is 24.7. The van der Waals surface area contributed by atoms with Crippen molar-refractivity contribution < 1.29 is 43.4 Å². The molecule has 400 valence electrons. The van der Waals surface area contributed by atoms with Crippen molar-refractivity contribution in [3.63, 3.8) is 0 Å². The molecule has 0 spiro atoms. The lowest BCUT2D eigenvalue weighted by molar-refractivity contribution is -0.199. The summed E-state index contributed by atoms with van der Waals surface area (Å²) < 4.78 is 47.1. The Balaban J connectivity index is 0.000000156. The fourth-order valence-electron chi connectivity index (χ4n) is 9.74. The van der Waals surface area contributed by atoms with Crippen molar-refractivity contribution in [2.75, 3.05) is 41.4 Å². The van der Waals surface area contributed by atoms with Gasteiger partial charge in [0.15, 0.2) is 35.7 Å². The van der Waals surface area contributed by atoms with Crippen molar-refractivity contribution in [3.8, 4) is 11.5 Å². The van der Waals surface area contributed by atoms with Gasteiger partial charge in [-0.05, 0) is 101 Å². The van der Waals surface area contributed by atoms with E-state index in [2.05, 4.69) is 46.8 Å². The first-order chi connectivity index (χ1) is 36.0. The average molecular weight is 1040 g/mol. The fourth-order valence-corrected chi connectivity index (χ4v) is 9.74. The van der Waals surface area contributed by atoms with Crippen molar-refractivity contribution in [1.29, 1.82) is 0 Å². The van der Waals surface area contributed by atoms with Crippen LogP contribution < -0.4 is 4.74 Å². The number of aromatic hydroxyl groups is 1. The monoisotopic (exact) mass is 1040 g/mol. The largest absolute Gasteiger partial charge is 0.508 e. The number of aromatic nitrogens is 8. The molecule has 2 aromatic carbocycles. The molecule has 76 heavy (non-hydrogen) atoms. The molecular formula is C55H66N12O9. The topological polar surface area (TPSA) is 223 Å². The minimum atomic E-state index is -0.737. The van der Waals surface area contributed by atoms with E-state index in [9.17, 15) is 10.2 Å². The molecule has 0 radical (unpaired) electrons. The maximum absolute atomic E-state index is 9.66. The van der Waals surface area contributed by atoms with Crippen LogP contribution in [0.4, 0.5) is 11.6 Å². The van der Waals surface area contributed by atoms with Crippen LogP contribution in [0.25, 0.3) is 43.9 Å². The molecule has 4 saturated heterocycles. The third-order valence-electron chi connectivity index (χ3n) is 13.1. The number of aliphatic hydroxyl groups is 1. The van der Waals surface area contributed by atoms with Crippen LogP contribution in [0.15, 0.2) is 108 Å². The number of benzene rings is 2. The molecule has 10 heterocycles. The number of hydrogen-bond donors (Lipinski definition) is 2. The fraction of sp³-hybridized carbons (Fsp3) is 0.418. The van der Waals surface area contributed by atoms with Gasteiger partial charge in [-0.25, -0.2) is 29.9 Å². The number of pyridine rings is 2. The van der Waals surface area contributed by atoms with Crippen molar-refractivity contribution in [2.45, 2.75) is 110 Å². The summed E-state index contributed by atoms with van der Waals surface area (Å²) in [6.07, 6.45) is 10.8. The quantitative estimate of drug-likeness (QED) is 0.0979. The van der Waals surface area contributed by atoms with Crippen molar-refractivity contribution in [2.24, 2.45) is 9.98 Å². The molecule has 6 aromatic heterocycles. The molecule has 8 aromatic rings. The van der Waals surface area contributed by atoms with E-state index in [1.807, 2.05) is 149 Å². The highest BCUT2D eigenvalue weighted by molar-refractivity contribution is 5.88. The standard InChI is InChI=1S/C27H30N6O4.C17H23N5O4.C10H9NO.CH4/c1-16-8-10-28-20-12-17(6-7-18(16)20)34-13-21-22-23(37-27(2,3)36-22)26(35-21)33-11-9-19-24(31-15-32(4)5)29-14-30-25(19)33;1-17(2)25-12-11(7-23)24-16(13(12)26-17)22-6-5-10-14(20-9-21(3)4)18-8-19-15(10)22;1-7-4-5-11-10-6-8(12)2-3-9(7)10;/h6-12,14-15,21-23,26H,13H2,1-5H3;5-6,8-9,11-13,16,23H,7H2,1-4H3;2-6,12H,1H3;1H4/t21-,22-,23-,26-;11-,12-,13-,16-;;/m11../s1. The Morgan fingerprint density at radius 3 is 1.59 bits per heavy atom. The summed E-state index contributed by atoms with van der Waals surface area (Å²) in [4.78, 5) is 38.7. The third kappa shape index (κ3) is 11.0. The smallest absolute Gasteiger partial charge is 0.166 e. The Morgan fingerprint density at radius 2 is 1.08 bits per heavy atom. The number of hydrogen-bond acceptors (Lipinski definition) is 17. The Morgan fingerprint density at radius 1 is 0.605 bits per heavy atom. The number of aliphatic hydroxyl groups excluding tert-OH is 1. The van der Waals surface area contributed by atoms with Gasteiger partial charge in [0.25, 0.3) is 0 Å². The van der Waals surface area contributed by atoms with Crippen LogP contribution >= 0.6 is 0 Å². The Labute approximate surface area is 440 Å². The molecule has 21 nitrogen and oxygen atoms in total. The average Bonchev–Trinajstić information content (AvgIpc) is 4.25. The van der Waals surface area contributed by atoms with Gasteiger partial charge in [0, 0.05) is 75.9 Å². The second-order valence-electron chi connectivity index (χ2n) is 20.1. The zero-order valence-electron chi connectivity index (χ0n) is 43.5. The molecule has 8 atom stereocenters. The SMILES string of the molecule is C.CN(C)C=Nc1ncnc2c1ccn2[C@@H]1O[C@H](CO)[C@H]2OC(C)(C)O[C@H]21.Cc1ccnc2cc(O)ccc12.Cc1ccnc2cc(OC[C@H]3O[C@@H](n4ccc5c(N=CN(C)C)ncnc54)[C@@H]4OC(C)(C)O[C@@H]43)ccc12. The predicted octanol–water partition coefficient (Wildman–Crippen LogP) is 7.95. The lowest BCUT2D eigenvalue weighted by Crippen LogP contribution is -2.33. The van der Waals surface area contributed by atoms with E-state index in [0.29, 0.717) is 23.9 Å². The number of aryl methyl sites for hydroxylation is 2. The first kappa shape index (κ1) is 53.6. The second kappa shape index (κ2) is 21.8. The van der Waals surface area contributed by atoms with E-state index in [0.717, 1.165) is 44.0 Å². The van der Waals surface area contributed by atoms with Gasteiger partial charge in [0.05, 0.1) is 41.1 Å². The second-order valence-corrected chi connectivity index (χ2v) is 20.1. The number of nitrogens with zero attached hydrogens (tertiary/aromatic N) is 12. The Bertz CT molecular complexity index is 3400. The number of phenols is 1. The van der Waals surface area contributed by atoms with E-state index in [1.54, 1.807) is 31.0 Å². The third-order valence-corrected chi connectivity index (χ3v) is 13.1. The van der Waals surface area contributed by atoms with Crippen LogP contribution in [0.3, 0.4) is 0 Å². The van der Waals surface area contributed by atoms with Gasteiger partial charge in [-0.15, -0.1) is 0 Å². The zero-order valence-corrected chi connectivity index (χ0v) is 43.5. The molecule has 0 unspecified atom stereocenters. The van der Waals surface area contributed by atoms with E-state index in [1.165, 1.54) is 23.8 Å². The van der Waals surface area contributed by atoms with Gasteiger partial charge in [-0.1, -0.05) is 7.43 Å². The molecule has 0 aliphatic carbocycles. The highest BCUT2D eigenvalue weighted by Gasteiger charge is 2.57. The maximum Gasteiger partial charge on any atom is 0.166 e. The van der Waals surface area contributed by atoms with E-state index in [4.69, 9.17) is 33.2 Å². The molecular weight excluding hydrogens is 973 g/mol. The number of rotatable bonds is 10. The summed E-state index contributed by atoms with van der Waals surface area (Å²) in [5, 5.41) is 22.7. The van der Waals surface area contributed by atoms with Gasteiger partial charge in [-0.3, -0.25) is 9.97 Å². The van der Waals surface area contributed by atoms with Crippen LogP contribution in [0.1, 0.15) is 58.7 Å². The van der Waals surface area contributed by atoms with Crippen molar-refractivity contribution >= 4 is 68.2 Å². The summed E-state index contributed by atoms with van der Waals surface area (Å²) in [6.45, 7) is 11.8. The van der Waals surface area contributed by atoms with Crippen LogP contribution in [-0.2, 0) is 28.4 Å². The van der Waals surface area contributed by atoms with E-state index in [-0.39, 0.29) is 50.3 Å². The highest BCUT2D eigenvalue weighted by atomic mass is 16.8. The van der Waals surface area contributed by atoms with Crippen LogP contribution in [-0.4, -0.2) is 161 Å². The summed E-state index contributed by atoms with van der Waals surface area (Å²) in [5.74, 6) is 0.717.